The largest absolute Gasteiger partial charge is 0.388 e. The third-order valence-corrected chi connectivity index (χ3v) is 3.45. The first kappa shape index (κ1) is 9.72. The molecular weight excluding hydrogens is 172 g/mol. The first-order valence-corrected chi connectivity index (χ1v) is 5.35. The van der Waals surface area contributed by atoms with Crippen molar-refractivity contribution in [1.82, 2.24) is 0 Å². The zero-order valence-corrected chi connectivity index (χ0v) is 9.12. The normalized spacial score (nSPS) is 27.4. The molecule has 3 atom stereocenters. The monoisotopic (exact) mass is 190 g/mol. The molecule has 0 radical (unpaired) electrons. The summed E-state index contributed by atoms with van der Waals surface area (Å²) in [7, 11) is 0. The Kier molecular flexibility index (Phi) is 2.36. The van der Waals surface area contributed by atoms with Gasteiger partial charge in [-0.1, -0.05) is 25.1 Å². The number of rotatable bonds is 2. The Bertz CT molecular complexity index is 343. The van der Waals surface area contributed by atoms with Crippen molar-refractivity contribution in [3.8, 4) is 0 Å². The van der Waals surface area contributed by atoms with Gasteiger partial charge in [0, 0.05) is 0 Å². The van der Waals surface area contributed by atoms with E-state index in [1.807, 2.05) is 0 Å². The molecule has 1 fully saturated rings. The number of aliphatic hydroxyl groups is 1. The molecule has 1 saturated carbocycles. The van der Waals surface area contributed by atoms with E-state index in [0.717, 1.165) is 5.56 Å². The summed E-state index contributed by atoms with van der Waals surface area (Å²) in [6.07, 6.45) is 0.929. The van der Waals surface area contributed by atoms with Crippen LogP contribution in [0.3, 0.4) is 0 Å². The molecule has 1 heteroatoms. The molecule has 2 rings (SSSR count). The van der Waals surface area contributed by atoms with Gasteiger partial charge >= 0.3 is 0 Å². The maximum absolute atomic E-state index is 10.0. The molecular formula is C13H18O. The Morgan fingerprint density at radius 1 is 1.29 bits per heavy atom. The van der Waals surface area contributed by atoms with Gasteiger partial charge in [-0.2, -0.15) is 0 Å². The highest BCUT2D eigenvalue weighted by molar-refractivity contribution is 5.31. The van der Waals surface area contributed by atoms with Gasteiger partial charge in [-0.15, -0.1) is 0 Å². The summed E-state index contributed by atoms with van der Waals surface area (Å²) in [5.41, 5.74) is 3.65. The van der Waals surface area contributed by atoms with E-state index in [2.05, 4.69) is 39.0 Å². The molecule has 0 heterocycles. The van der Waals surface area contributed by atoms with Gasteiger partial charge in [0.05, 0.1) is 6.10 Å². The third-order valence-electron chi connectivity index (χ3n) is 3.45. The lowest BCUT2D eigenvalue weighted by atomic mass is 9.99. The van der Waals surface area contributed by atoms with Crippen molar-refractivity contribution in [2.45, 2.75) is 33.3 Å². The molecule has 0 aromatic heterocycles. The summed E-state index contributed by atoms with van der Waals surface area (Å²) in [5.74, 6) is 1.20. The number of hydrogen-bond acceptors (Lipinski definition) is 1. The summed E-state index contributed by atoms with van der Waals surface area (Å²) < 4.78 is 0. The predicted molar refractivity (Wildman–Crippen MR) is 58.1 cm³/mol. The zero-order chi connectivity index (χ0) is 10.3. The van der Waals surface area contributed by atoms with Gasteiger partial charge in [0.25, 0.3) is 0 Å². The first-order valence-electron chi connectivity index (χ1n) is 5.35. The second kappa shape index (κ2) is 3.39. The van der Waals surface area contributed by atoms with Gasteiger partial charge in [-0.05, 0) is 48.8 Å². The van der Waals surface area contributed by atoms with Crippen LogP contribution in [-0.2, 0) is 0 Å². The Labute approximate surface area is 85.8 Å². The van der Waals surface area contributed by atoms with Crippen LogP contribution < -0.4 is 0 Å². The average molecular weight is 190 g/mol. The molecule has 14 heavy (non-hydrogen) atoms. The van der Waals surface area contributed by atoms with Crippen molar-refractivity contribution in [3.05, 3.63) is 34.9 Å². The number of aryl methyl sites for hydroxylation is 2. The van der Waals surface area contributed by atoms with Crippen LogP contribution in [0.5, 0.6) is 0 Å². The highest BCUT2D eigenvalue weighted by Gasteiger charge is 2.39. The fourth-order valence-electron chi connectivity index (χ4n) is 1.99. The van der Waals surface area contributed by atoms with Gasteiger partial charge in [-0.3, -0.25) is 0 Å². The van der Waals surface area contributed by atoms with Gasteiger partial charge in [0.2, 0.25) is 0 Å². The number of benzene rings is 1. The summed E-state index contributed by atoms with van der Waals surface area (Å²) in [6, 6.07) is 6.27. The van der Waals surface area contributed by atoms with E-state index < -0.39 is 0 Å². The minimum Gasteiger partial charge on any atom is -0.388 e. The van der Waals surface area contributed by atoms with Crippen molar-refractivity contribution < 1.29 is 5.11 Å². The molecule has 1 aliphatic rings. The number of hydrogen-bond donors (Lipinski definition) is 1. The van der Waals surface area contributed by atoms with E-state index in [9.17, 15) is 5.11 Å². The van der Waals surface area contributed by atoms with E-state index in [-0.39, 0.29) is 6.10 Å². The van der Waals surface area contributed by atoms with Gasteiger partial charge in [0.15, 0.2) is 0 Å². The predicted octanol–water partition coefficient (Wildman–Crippen LogP) is 2.99. The highest BCUT2D eigenvalue weighted by Crippen LogP contribution is 2.46. The van der Waals surface area contributed by atoms with E-state index in [4.69, 9.17) is 0 Å². The van der Waals surface area contributed by atoms with Crippen molar-refractivity contribution in [2.24, 2.45) is 11.8 Å². The smallest absolute Gasteiger partial charge is 0.0820 e. The molecule has 3 unspecified atom stereocenters. The summed E-state index contributed by atoms with van der Waals surface area (Å²) in [4.78, 5) is 0. The summed E-state index contributed by atoms with van der Waals surface area (Å²) in [5, 5.41) is 10.0. The van der Waals surface area contributed by atoms with Crippen molar-refractivity contribution in [1.29, 1.82) is 0 Å². The molecule has 76 valence electrons. The minimum absolute atomic E-state index is 0.246. The van der Waals surface area contributed by atoms with Crippen LogP contribution in [0.2, 0.25) is 0 Å². The molecule has 1 aromatic carbocycles. The van der Waals surface area contributed by atoms with Crippen LogP contribution in [0.4, 0.5) is 0 Å². The molecule has 0 amide bonds. The Balaban J connectivity index is 2.20. The lowest BCUT2D eigenvalue weighted by molar-refractivity contribution is 0.148. The second-order valence-corrected chi connectivity index (χ2v) is 4.67. The highest BCUT2D eigenvalue weighted by atomic mass is 16.3. The van der Waals surface area contributed by atoms with E-state index in [1.54, 1.807) is 0 Å². The maximum Gasteiger partial charge on any atom is 0.0820 e. The van der Waals surface area contributed by atoms with Crippen molar-refractivity contribution in [3.63, 3.8) is 0 Å². The quantitative estimate of drug-likeness (QED) is 0.760. The Morgan fingerprint density at radius 3 is 2.43 bits per heavy atom. The van der Waals surface area contributed by atoms with Crippen LogP contribution in [0.25, 0.3) is 0 Å². The standard InChI is InChI=1S/C13H18O/c1-8-4-5-11(6-9(8)2)13(14)12-7-10(12)3/h4-6,10,12-14H,7H2,1-3H3. The van der Waals surface area contributed by atoms with Gasteiger partial charge < -0.3 is 5.11 Å². The molecule has 1 N–H and O–H groups in total. The average Bonchev–Trinajstić information content (AvgIpc) is 2.86. The fourth-order valence-corrected chi connectivity index (χ4v) is 1.99. The van der Waals surface area contributed by atoms with E-state index >= 15 is 0 Å². The van der Waals surface area contributed by atoms with E-state index in [0.29, 0.717) is 11.8 Å². The number of aliphatic hydroxyl groups excluding tert-OH is 1. The zero-order valence-electron chi connectivity index (χ0n) is 9.12. The minimum atomic E-state index is -0.246. The molecule has 1 aromatic rings. The Morgan fingerprint density at radius 2 is 1.93 bits per heavy atom. The molecule has 0 aliphatic heterocycles. The maximum atomic E-state index is 10.0. The molecule has 0 bridgehead atoms. The van der Waals surface area contributed by atoms with Crippen LogP contribution in [-0.4, -0.2) is 5.11 Å². The van der Waals surface area contributed by atoms with Crippen LogP contribution >= 0.6 is 0 Å². The Hall–Kier alpha value is -0.820. The van der Waals surface area contributed by atoms with E-state index in [1.165, 1.54) is 17.5 Å². The molecule has 1 aliphatic carbocycles. The third kappa shape index (κ3) is 1.69. The lowest BCUT2D eigenvalue weighted by Gasteiger charge is -2.12. The van der Waals surface area contributed by atoms with Crippen LogP contribution in [0, 0.1) is 25.7 Å². The molecule has 1 nitrogen and oxygen atoms in total. The molecule has 0 saturated heterocycles. The second-order valence-electron chi connectivity index (χ2n) is 4.67. The van der Waals surface area contributed by atoms with Gasteiger partial charge in [-0.25, -0.2) is 0 Å². The van der Waals surface area contributed by atoms with Crippen molar-refractivity contribution in [2.75, 3.05) is 0 Å². The van der Waals surface area contributed by atoms with Gasteiger partial charge in [0.1, 0.15) is 0 Å². The summed E-state index contributed by atoms with van der Waals surface area (Å²) >= 11 is 0. The van der Waals surface area contributed by atoms with Crippen LogP contribution in [0.15, 0.2) is 18.2 Å². The SMILES string of the molecule is Cc1ccc(C(O)C2CC2C)cc1C. The summed E-state index contributed by atoms with van der Waals surface area (Å²) in [6.45, 7) is 6.40. The topological polar surface area (TPSA) is 20.2 Å². The molecule has 0 spiro atoms. The first-order chi connectivity index (χ1) is 6.59. The van der Waals surface area contributed by atoms with Crippen molar-refractivity contribution >= 4 is 0 Å². The van der Waals surface area contributed by atoms with Crippen LogP contribution in [0.1, 0.15) is 36.1 Å². The fraction of sp³-hybridized carbons (Fsp3) is 0.538. The lowest BCUT2D eigenvalue weighted by Crippen LogP contribution is -2.01.